The molecule has 0 aromatic rings. The molecule has 0 spiro atoms. The van der Waals surface area contributed by atoms with E-state index in [1.165, 1.54) is 19.3 Å². The largest absolute Gasteiger partial charge is 0.394 e. The van der Waals surface area contributed by atoms with Gasteiger partial charge in [0, 0.05) is 0 Å². The minimum atomic E-state index is -2.02. The van der Waals surface area contributed by atoms with Crippen molar-refractivity contribution < 1.29 is 50.0 Å². The van der Waals surface area contributed by atoms with E-state index in [4.69, 9.17) is 14.2 Å². The van der Waals surface area contributed by atoms with Crippen molar-refractivity contribution in [2.75, 3.05) is 26.3 Å². The maximum absolute atomic E-state index is 10.6. The summed E-state index contributed by atoms with van der Waals surface area (Å²) in [6.45, 7) is 1.76. The lowest BCUT2D eigenvalue weighted by atomic mass is 9.95. The summed E-state index contributed by atoms with van der Waals surface area (Å²) in [4.78, 5) is 0. The van der Waals surface area contributed by atoms with Gasteiger partial charge in [0.15, 0.2) is 6.29 Å². The van der Waals surface area contributed by atoms with Crippen LogP contribution in [0.5, 0.6) is 0 Å². The highest BCUT2D eigenvalue weighted by molar-refractivity contribution is 4.95. The molecule has 2 aliphatic heterocycles. The van der Waals surface area contributed by atoms with E-state index in [1.807, 2.05) is 0 Å². The number of ether oxygens (including phenoxy) is 3. The van der Waals surface area contributed by atoms with Gasteiger partial charge in [0.05, 0.1) is 19.8 Å². The molecular formula is C20H39NO10. The number of unbranched alkanes of at least 4 members (excludes halogenated alkanes) is 5. The molecule has 2 fully saturated rings. The molecule has 0 saturated carbocycles. The van der Waals surface area contributed by atoms with E-state index in [0.717, 1.165) is 19.3 Å². The van der Waals surface area contributed by atoms with Crippen molar-refractivity contribution in [3.63, 3.8) is 0 Å². The van der Waals surface area contributed by atoms with Crippen LogP contribution in [0.1, 0.15) is 45.4 Å². The molecule has 0 aromatic heterocycles. The van der Waals surface area contributed by atoms with Gasteiger partial charge in [-0.3, -0.25) is 0 Å². The second kappa shape index (κ2) is 12.7. The molecule has 0 radical (unpaired) electrons. The number of nitrogens with one attached hydrogen (secondary N) is 1. The zero-order chi connectivity index (χ0) is 23.0. The first-order chi connectivity index (χ1) is 14.7. The summed E-state index contributed by atoms with van der Waals surface area (Å²) in [7, 11) is 0. The Kier molecular flexibility index (Phi) is 11.0. The second-order valence-electron chi connectivity index (χ2n) is 8.41. The van der Waals surface area contributed by atoms with Crippen LogP contribution >= 0.6 is 0 Å². The first-order valence-corrected chi connectivity index (χ1v) is 11.1. The Morgan fingerprint density at radius 2 is 1.61 bits per heavy atom. The number of rotatable bonds is 12. The van der Waals surface area contributed by atoms with Gasteiger partial charge < -0.3 is 55.3 Å². The van der Waals surface area contributed by atoms with Crippen LogP contribution in [0.2, 0.25) is 0 Å². The Morgan fingerprint density at radius 3 is 2.29 bits per heavy atom. The highest BCUT2D eigenvalue weighted by atomic mass is 16.7. The first kappa shape index (κ1) is 26.8. The zero-order valence-electron chi connectivity index (χ0n) is 18.0. The highest BCUT2D eigenvalue weighted by Gasteiger charge is 2.51. The monoisotopic (exact) mass is 453 g/mol. The maximum Gasteiger partial charge on any atom is 0.207 e. The predicted molar refractivity (Wildman–Crippen MR) is 108 cm³/mol. The summed E-state index contributed by atoms with van der Waals surface area (Å²) in [6, 6.07) is 0. The average molecular weight is 454 g/mol. The fraction of sp³-hybridized carbons (Fsp3) is 1.00. The number of aliphatic hydroxyl groups is 7. The molecule has 2 rings (SSSR count). The van der Waals surface area contributed by atoms with E-state index in [2.05, 4.69) is 12.2 Å². The summed E-state index contributed by atoms with van der Waals surface area (Å²) in [5, 5.41) is 73.3. The lowest BCUT2D eigenvalue weighted by Crippen LogP contribution is -2.66. The molecule has 0 aromatic carbocycles. The van der Waals surface area contributed by atoms with Crippen LogP contribution in [-0.2, 0) is 14.2 Å². The molecule has 11 nitrogen and oxygen atoms in total. The van der Waals surface area contributed by atoms with Crippen molar-refractivity contribution in [3.05, 3.63) is 0 Å². The van der Waals surface area contributed by atoms with Gasteiger partial charge in [-0.1, -0.05) is 39.0 Å². The molecule has 9 atom stereocenters. The predicted octanol–water partition coefficient (Wildman–Crippen LogP) is -2.44. The van der Waals surface area contributed by atoms with E-state index in [0.29, 0.717) is 6.54 Å². The van der Waals surface area contributed by atoms with E-state index in [9.17, 15) is 35.7 Å². The molecular weight excluding hydrogens is 414 g/mol. The van der Waals surface area contributed by atoms with Gasteiger partial charge in [-0.25, -0.2) is 0 Å². The first-order valence-electron chi connectivity index (χ1n) is 11.1. The Labute approximate surface area is 182 Å². The van der Waals surface area contributed by atoms with E-state index in [1.54, 1.807) is 0 Å². The molecule has 184 valence electrons. The van der Waals surface area contributed by atoms with Gasteiger partial charge in [0.1, 0.15) is 42.7 Å². The van der Waals surface area contributed by atoms with Crippen molar-refractivity contribution in [1.82, 2.24) is 5.32 Å². The molecule has 0 bridgehead atoms. The van der Waals surface area contributed by atoms with Gasteiger partial charge in [0.2, 0.25) is 5.79 Å². The molecule has 0 aliphatic carbocycles. The van der Waals surface area contributed by atoms with Crippen LogP contribution in [0.15, 0.2) is 0 Å². The minimum Gasteiger partial charge on any atom is -0.394 e. The normalized spacial score (nSPS) is 41.4. The molecule has 2 saturated heterocycles. The van der Waals surface area contributed by atoms with Gasteiger partial charge in [-0.2, -0.15) is 0 Å². The lowest BCUT2D eigenvalue weighted by molar-refractivity contribution is -0.361. The van der Waals surface area contributed by atoms with E-state index >= 15 is 0 Å². The fourth-order valence-corrected chi connectivity index (χ4v) is 3.81. The number of aliphatic hydroxyl groups excluding tert-OH is 6. The summed E-state index contributed by atoms with van der Waals surface area (Å²) in [5.74, 6) is -2.02. The highest BCUT2D eigenvalue weighted by Crippen LogP contribution is 2.29. The molecule has 11 heteroatoms. The Bertz CT molecular complexity index is 512. The quantitative estimate of drug-likeness (QED) is 0.147. The smallest absolute Gasteiger partial charge is 0.207 e. The van der Waals surface area contributed by atoms with Crippen molar-refractivity contribution >= 4 is 0 Å². The van der Waals surface area contributed by atoms with Crippen molar-refractivity contribution in [2.24, 2.45) is 0 Å². The molecule has 31 heavy (non-hydrogen) atoms. The number of hydrogen-bond acceptors (Lipinski definition) is 11. The lowest BCUT2D eigenvalue weighted by Gasteiger charge is -2.46. The summed E-state index contributed by atoms with van der Waals surface area (Å²) < 4.78 is 16.0. The molecule has 2 heterocycles. The van der Waals surface area contributed by atoms with Crippen LogP contribution in [0.3, 0.4) is 0 Å². The van der Waals surface area contributed by atoms with Gasteiger partial charge in [0.25, 0.3) is 0 Å². The third kappa shape index (κ3) is 7.02. The standard InChI is InChI=1S/C20H39NO10/c1-2-3-4-5-6-7-8-21-11-20(28)18(27)15(24)13(10-29-20)31-19-17(26)16(25)14(23)12(9-22)30-19/h12-19,21-28H,2-11H2,1H3/t12-,13-,14-,15-,16+,17-,18+,19+,20-/m1/s1. The van der Waals surface area contributed by atoms with Crippen LogP contribution in [0.25, 0.3) is 0 Å². The van der Waals surface area contributed by atoms with Crippen LogP contribution in [-0.4, -0.2) is 117 Å². The maximum atomic E-state index is 10.6. The Balaban J connectivity index is 1.80. The van der Waals surface area contributed by atoms with E-state index in [-0.39, 0.29) is 13.2 Å². The molecule has 8 N–H and O–H groups in total. The van der Waals surface area contributed by atoms with Crippen molar-refractivity contribution in [1.29, 1.82) is 0 Å². The summed E-state index contributed by atoms with van der Waals surface area (Å²) >= 11 is 0. The van der Waals surface area contributed by atoms with Gasteiger partial charge in [-0.15, -0.1) is 0 Å². The molecule has 2 aliphatic rings. The SMILES string of the molecule is CCCCCCCCNC[C@@]1(O)OC[C@@H](O[C@@H]2O[C@H](CO)[C@@H](O)[C@H](O)[C@H]2O)[C@@H](O)[C@@H]1O. The van der Waals surface area contributed by atoms with Crippen molar-refractivity contribution in [3.8, 4) is 0 Å². The van der Waals surface area contributed by atoms with E-state index < -0.39 is 61.4 Å². The zero-order valence-corrected chi connectivity index (χ0v) is 18.0. The number of hydrogen-bond donors (Lipinski definition) is 8. The fourth-order valence-electron chi connectivity index (χ4n) is 3.81. The Hall–Kier alpha value is -0.440. The summed E-state index contributed by atoms with van der Waals surface area (Å²) in [6.07, 6.45) is -5.20. The van der Waals surface area contributed by atoms with Crippen molar-refractivity contribution in [2.45, 2.75) is 100 Å². The Morgan fingerprint density at radius 1 is 0.935 bits per heavy atom. The second-order valence-corrected chi connectivity index (χ2v) is 8.41. The molecule has 0 unspecified atom stereocenters. The topological polar surface area (TPSA) is 181 Å². The summed E-state index contributed by atoms with van der Waals surface area (Å²) in [5.41, 5.74) is 0. The van der Waals surface area contributed by atoms with Crippen LogP contribution in [0.4, 0.5) is 0 Å². The minimum absolute atomic E-state index is 0.0903. The van der Waals surface area contributed by atoms with Gasteiger partial charge >= 0.3 is 0 Å². The molecule has 0 amide bonds. The van der Waals surface area contributed by atoms with Gasteiger partial charge in [-0.05, 0) is 13.0 Å². The third-order valence-electron chi connectivity index (χ3n) is 5.91. The third-order valence-corrected chi connectivity index (χ3v) is 5.91. The van der Waals surface area contributed by atoms with Crippen LogP contribution in [0, 0.1) is 0 Å². The van der Waals surface area contributed by atoms with Crippen LogP contribution < -0.4 is 5.32 Å². The average Bonchev–Trinajstić information content (AvgIpc) is 2.76.